The van der Waals surface area contributed by atoms with Crippen molar-refractivity contribution in [1.82, 2.24) is 19.9 Å². The maximum atomic E-state index is 4.80. The Balaban J connectivity index is 0.00000289. The zero-order valence-corrected chi connectivity index (χ0v) is 24.4. The van der Waals surface area contributed by atoms with Crippen molar-refractivity contribution in [2.45, 2.75) is 78.6 Å². The van der Waals surface area contributed by atoms with Crippen molar-refractivity contribution in [2.75, 3.05) is 18.0 Å². The SMILES string of the molecule is Cc1nc(-c2ccc(-c3[c-]cc4c(c3)C(C)(C)C(C)(C)C4(C)C)nc2)nc(N2CCCCC2)n1.[Ir]. The molecule has 6 heteroatoms. The Morgan fingerprint density at radius 2 is 1.54 bits per heavy atom. The van der Waals surface area contributed by atoms with Crippen LogP contribution in [0.2, 0.25) is 0 Å². The largest absolute Gasteiger partial charge is 0.341 e. The van der Waals surface area contributed by atoms with Gasteiger partial charge in [-0.25, -0.2) is 4.98 Å². The van der Waals surface area contributed by atoms with E-state index in [1.54, 1.807) is 0 Å². The third kappa shape index (κ3) is 4.13. The summed E-state index contributed by atoms with van der Waals surface area (Å²) in [6.07, 6.45) is 5.55. The minimum atomic E-state index is 0. The van der Waals surface area contributed by atoms with E-state index in [-0.39, 0.29) is 36.4 Å². The summed E-state index contributed by atoms with van der Waals surface area (Å²) in [6.45, 7) is 18.2. The van der Waals surface area contributed by atoms with Crippen LogP contribution in [0.15, 0.2) is 30.5 Å². The van der Waals surface area contributed by atoms with E-state index >= 15 is 0 Å². The summed E-state index contributed by atoms with van der Waals surface area (Å²) >= 11 is 0. The Hall–Kier alpha value is -2.17. The molecule has 3 heterocycles. The van der Waals surface area contributed by atoms with Gasteiger partial charge in [0, 0.05) is 45.0 Å². The monoisotopic (exact) mass is 647 g/mol. The first kappa shape index (κ1) is 25.9. The normalized spacial score (nSPS) is 19.7. The van der Waals surface area contributed by atoms with Crippen molar-refractivity contribution in [3.63, 3.8) is 0 Å². The van der Waals surface area contributed by atoms with E-state index in [4.69, 9.17) is 9.97 Å². The van der Waals surface area contributed by atoms with Gasteiger partial charge in [-0.05, 0) is 48.1 Å². The Morgan fingerprint density at radius 1 is 0.857 bits per heavy atom. The van der Waals surface area contributed by atoms with Gasteiger partial charge in [0.25, 0.3) is 0 Å². The van der Waals surface area contributed by atoms with Gasteiger partial charge in [-0.3, -0.25) is 0 Å². The molecule has 0 N–H and O–H groups in total. The molecule has 5 rings (SSSR count). The smallest absolute Gasteiger partial charge is 0.229 e. The van der Waals surface area contributed by atoms with Gasteiger partial charge in [0.05, 0.1) is 0 Å². The zero-order chi connectivity index (χ0) is 24.3. The number of fused-ring (bicyclic) bond motifs is 1. The van der Waals surface area contributed by atoms with Crippen LogP contribution in [0.25, 0.3) is 22.6 Å². The van der Waals surface area contributed by atoms with Gasteiger partial charge < -0.3 is 9.88 Å². The van der Waals surface area contributed by atoms with Crippen molar-refractivity contribution in [1.29, 1.82) is 0 Å². The van der Waals surface area contributed by atoms with Crippen LogP contribution in [0.3, 0.4) is 0 Å². The molecule has 0 atom stereocenters. The van der Waals surface area contributed by atoms with E-state index in [0.717, 1.165) is 41.7 Å². The molecule has 2 aromatic heterocycles. The summed E-state index contributed by atoms with van der Waals surface area (Å²) in [5.74, 6) is 2.22. The minimum Gasteiger partial charge on any atom is -0.341 e. The molecule has 0 spiro atoms. The number of hydrogen-bond donors (Lipinski definition) is 0. The van der Waals surface area contributed by atoms with Gasteiger partial charge in [0.1, 0.15) is 5.82 Å². The maximum Gasteiger partial charge on any atom is 0.229 e. The fourth-order valence-electron chi connectivity index (χ4n) is 5.65. The average Bonchev–Trinajstić information content (AvgIpc) is 2.93. The molecule has 1 aliphatic heterocycles. The maximum absolute atomic E-state index is 4.80. The molecule has 1 aliphatic carbocycles. The van der Waals surface area contributed by atoms with Crippen molar-refractivity contribution in [2.24, 2.45) is 5.41 Å². The predicted molar refractivity (Wildman–Crippen MR) is 138 cm³/mol. The second kappa shape index (κ2) is 9.05. The number of nitrogens with zero attached hydrogens (tertiary/aromatic N) is 5. The van der Waals surface area contributed by atoms with Crippen LogP contribution in [-0.2, 0) is 30.9 Å². The van der Waals surface area contributed by atoms with E-state index in [9.17, 15) is 0 Å². The molecular weight excluding hydrogens is 611 g/mol. The molecular formula is C29H36IrN5-. The topological polar surface area (TPSA) is 54.8 Å². The van der Waals surface area contributed by atoms with Crippen molar-refractivity contribution < 1.29 is 20.1 Å². The van der Waals surface area contributed by atoms with Gasteiger partial charge in [-0.2, -0.15) is 9.97 Å². The third-order valence-electron chi connectivity index (χ3n) is 9.09. The summed E-state index contributed by atoms with van der Waals surface area (Å²) in [6, 6.07) is 12.1. The van der Waals surface area contributed by atoms with Crippen LogP contribution < -0.4 is 4.90 Å². The van der Waals surface area contributed by atoms with Crippen LogP contribution >= 0.6 is 0 Å². The molecule has 5 nitrogen and oxygen atoms in total. The first-order valence-electron chi connectivity index (χ1n) is 12.5. The standard InChI is InChI=1S/C29H36N5.Ir/c1-19-31-25(33-26(32-19)34-15-9-8-10-16-34)21-12-14-24(30-18-21)20-11-13-22-23(17-20)28(4,5)29(6,7)27(22,2)3;/h12-14,17-18H,8-10,15-16H2,1-7H3;/q-1;. The zero-order valence-electron chi connectivity index (χ0n) is 22.0. The van der Waals surface area contributed by atoms with Crippen molar-refractivity contribution in [3.8, 4) is 22.6 Å². The predicted octanol–water partition coefficient (Wildman–Crippen LogP) is 6.29. The van der Waals surface area contributed by atoms with Gasteiger partial charge in [-0.1, -0.05) is 53.7 Å². The minimum absolute atomic E-state index is 0. The summed E-state index contributed by atoms with van der Waals surface area (Å²) in [5, 5.41) is 0. The number of pyridine rings is 1. The van der Waals surface area contributed by atoms with Gasteiger partial charge in [0.2, 0.25) is 5.95 Å². The van der Waals surface area contributed by atoms with Gasteiger partial charge in [0.15, 0.2) is 5.82 Å². The van der Waals surface area contributed by atoms with E-state index in [0.29, 0.717) is 5.82 Å². The summed E-state index contributed by atoms with van der Waals surface area (Å²) < 4.78 is 0. The van der Waals surface area contributed by atoms with E-state index < -0.39 is 0 Å². The molecule has 187 valence electrons. The molecule has 0 amide bonds. The molecule has 3 aromatic rings. The van der Waals surface area contributed by atoms with Gasteiger partial charge >= 0.3 is 0 Å². The van der Waals surface area contributed by atoms with Crippen molar-refractivity contribution in [3.05, 3.63) is 53.5 Å². The Morgan fingerprint density at radius 3 is 2.20 bits per heavy atom. The Bertz CT molecular complexity index is 1220. The quantitative estimate of drug-likeness (QED) is 0.313. The van der Waals surface area contributed by atoms with Crippen LogP contribution in [-0.4, -0.2) is 33.0 Å². The van der Waals surface area contributed by atoms with Gasteiger partial charge in [-0.15, -0.1) is 34.9 Å². The molecule has 2 aliphatic rings. The van der Waals surface area contributed by atoms with Crippen LogP contribution in [0.5, 0.6) is 0 Å². The Labute approximate surface area is 223 Å². The summed E-state index contributed by atoms with van der Waals surface area (Å²) in [4.78, 5) is 21.1. The Kier molecular flexibility index (Phi) is 6.70. The van der Waals surface area contributed by atoms with Crippen LogP contribution in [0.1, 0.15) is 77.8 Å². The number of anilines is 1. The molecule has 1 aromatic carbocycles. The first-order chi connectivity index (χ1) is 16.0. The molecule has 0 saturated carbocycles. The van der Waals surface area contributed by atoms with E-state index in [1.165, 1.54) is 30.4 Å². The second-order valence-corrected chi connectivity index (χ2v) is 11.5. The van der Waals surface area contributed by atoms with E-state index in [2.05, 4.69) is 86.7 Å². The number of rotatable bonds is 3. The van der Waals surface area contributed by atoms with Crippen molar-refractivity contribution >= 4 is 5.95 Å². The number of benzene rings is 1. The molecule has 1 fully saturated rings. The fraction of sp³-hybridized carbons (Fsp3) is 0.517. The molecule has 35 heavy (non-hydrogen) atoms. The van der Waals surface area contributed by atoms with E-state index in [1.807, 2.05) is 13.1 Å². The molecule has 0 unspecified atom stereocenters. The van der Waals surface area contributed by atoms with Crippen LogP contribution in [0.4, 0.5) is 5.95 Å². The first-order valence-corrected chi connectivity index (χ1v) is 12.5. The molecule has 0 bridgehead atoms. The summed E-state index contributed by atoms with van der Waals surface area (Å²) in [7, 11) is 0. The number of piperidine rings is 1. The summed E-state index contributed by atoms with van der Waals surface area (Å²) in [5.41, 5.74) is 5.95. The average molecular weight is 647 g/mol. The number of hydrogen-bond acceptors (Lipinski definition) is 5. The molecule has 1 radical (unpaired) electrons. The third-order valence-corrected chi connectivity index (χ3v) is 9.09. The fourth-order valence-corrected chi connectivity index (χ4v) is 5.65. The second-order valence-electron chi connectivity index (χ2n) is 11.5. The number of aromatic nitrogens is 4. The number of aryl methyl sites for hydroxylation is 1. The van der Waals surface area contributed by atoms with Crippen LogP contribution in [0, 0.1) is 18.4 Å². The molecule has 1 saturated heterocycles.